The standard InChI is InChI=1S/C10H9ClF3NO4S/c1-19-9(16)5-6-4-7(11)2-3-8(6)15-20(17,18)10(12,13)14/h2-4,15H,5H2,1H3. The third kappa shape index (κ3) is 4.01. The Morgan fingerprint density at radius 3 is 2.50 bits per heavy atom. The quantitative estimate of drug-likeness (QED) is 0.859. The monoisotopic (exact) mass is 331 g/mol. The van der Waals surface area contributed by atoms with E-state index in [4.69, 9.17) is 11.6 Å². The van der Waals surface area contributed by atoms with Gasteiger partial charge in [0.2, 0.25) is 0 Å². The predicted octanol–water partition coefficient (Wildman–Crippen LogP) is 2.32. The lowest BCUT2D eigenvalue weighted by Gasteiger charge is -2.14. The van der Waals surface area contributed by atoms with Crippen molar-refractivity contribution in [3.63, 3.8) is 0 Å². The summed E-state index contributed by atoms with van der Waals surface area (Å²) in [5, 5.41) is 0.138. The molecule has 0 amide bonds. The highest BCUT2D eigenvalue weighted by Gasteiger charge is 2.46. The summed E-state index contributed by atoms with van der Waals surface area (Å²) in [4.78, 5) is 11.1. The minimum absolute atomic E-state index is 0.0304. The number of hydrogen-bond donors (Lipinski definition) is 1. The van der Waals surface area contributed by atoms with Crippen LogP contribution in [-0.4, -0.2) is 27.0 Å². The highest BCUT2D eigenvalue weighted by Crippen LogP contribution is 2.28. The van der Waals surface area contributed by atoms with Crippen molar-refractivity contribution in [2.45, 2.75) is 11.9 Å². The zero-order valence-electron chi connectivity index (χ0n) is 9.99. The molecular weight excluding hydrogens is 323 g/mol. The van der Waals surface area contributed by atoms with Gasteiger partial charge in [-0.2, -0.15) is 21.6 Å². The lowest BCUT2D eigenvalue weighted by Crippen LogP contribution is -2.30. The molecule has 1 aromatic rings. The van der Waals surface area contributed by atoms with Gasteiger partial charge in [-0.25, -0.2) is 0 Å². The molecule has 0 aliphatic heterocycles. The Bertz CT molecular complexity index is 615. The SMILES string of the molecule is COC(=O)Cc1cc(Cl)ccc1NS(=O)(=O)C(F)(F)F. The molecule has 112 valence electrons. The van der Waals surface area contributed by atoms with E-state index >= 15 is 0 Å². The van der Waals surface area contributed by atoms with Crippen molar-refractivity contribution < 1.29 is 31.1 Å². The van der Waals surface area contributed by atoms with Crippen molar-refractivity contribution in [3.05, 3.63) is 28.8 Å². The summed E-state index contributed by atoms with van der Waals surface area (Å²) in [6.45, 7) is 0. The normalized spacial score (nSPS) is 12.1. The number of halogens is 4. The van der Waals surface area contributed by atoms with Crippen LogP contribution >= 0.6 is 11.6 Å². The van der Waals surface area contributed by atoms with Gasteiger partial charge in [0.05, 0.1) is 19.2 Å². The number of alkyl halides is 3. The summed E-state index contributed by atoms with van der Waals surface area (Å²) in [6.07, 6.45) is -0.424. The van der Waals surface area contributed by atoms with Crippen molar-refractivity contribution in [1.82, 2.24) is 0 Å². The maximum Gasteiger partial charge on any atom is 0.516 e. The molecule has 0 heterocycles. The molecular formula is C10H9ClF3NO4S. The predicted molar refractivity (Wildman–Crippen MR) is 65.8 cm³/mol. The molecule has 1 rings (SSSR count). The molecule has 0 saturated heterocycles. The lowest BCUT2D eigenvalue weighted by atomic mass is 10.1. The highest BCUT2D eigenvalue weighted by molar-refractivity contribution is 7.93. The Labute approximate surface area is 117 Å². The molecule has 20 heavy (non-hydrogen) atoms. The van der Waals surface area contributed by atoms with E-state index in [2.05, 4.69) is 4.74 Å². The van der Waals surface area contributed by atoms with Gasteiger partial charge >= 0.3 is 21.5 Å². The van der Waals surface area contributed by atoms with Crippen LogP contribution in [0.4, 0.5) is 18.9 Å². The fourth-order valence-electron chi connectivity index (χ4n) is 1.24. The Morgan fingerprint density at radius 1 is 1.40 bits per heavy atom. The van der Waals surface area contributed by atoms with Gasteiger partial charge < -0.3 is 4.74 Å². The number of benzene rings is 1. The third-order valence-electron chi connectivity index (χ3n) is 2.18. The van der Waals surface area contributed by atoms with Gasteiger partial charge in [-0.1, -0.05) is 11.6 Å². The molecule has 10 heteroatoms. The zero-order chi connectivity index (χ0) is 15.6. The summed E-state index contributed by atoms with van der Waals surface area (Å²) >= 11 is 5.65. The summed E-state index contributed by atoms with van der Waals surface area (Å²) in [5.41, 5.74) is -5.89. The van der Waals surface area contributed by atoms with Crippen LogP contribution in [0.1, 0.15) is 5.56 Å². The minimum atomic E-state index is -5.57. The van der Waals surface area contributed by atoms with E-state index in [1.54, 1.807) is 0 Å². The molecule has 0 saturated carbocycles. The number of carbonyl (C=O) groups excluding carboxylic acids is 1. The first-order valence-corrected chi connectivity index (χ1v) is 6.87. The molecule has 1 aromatic carbocycles. The van der Waals surface area contributed by atoms with E-state index in [9.17, 15) is 26.4 Å². The van der Waals surface area contributed by atoms with Crippen molar-refractivity contribution in [3.8, 4) is 0 Å². The highest BCUT2D eigenvalue weighted by atomic mass is 35.5. The number of anilines is 1. The molecule has 5 nitrogen and oxygen atoms in total. The second-order valence-corrected chi connectivity index (χ2v) is 5.72. The number of carbonyl (C=O) groups is 1. The zero-order valence-corrected chi connectivity index (χ0v) is 11.6. The van der Waals surface area contributed by atoms with Crippen molar-refractivity contribution in [1.29, 1.82) is 0 Å². The van der Waals surface area contributed by atoms with Crippen LogP contribution in [0.15, 0.2) is 18.2 Å². The van der Waals surface area contributed by atoms with Crippen LogP contribution in [0.3, 0.4) is 0 Å². The van der Waals surface area contributed by atoms with Crippen LogP contribution in [0.5, 0.6) is 0 Å². The smallest absolute Gasteiger partial charge is 0.469 e. The number of rotatable bonds is 4. The summed E-state index contributed by atoms with van der Waals surface area (Å²) < 4.78 is 64.7. The molecule has 0 aliphatic rings. The van der Waals surface area contributed by atoms with Crippen LogP contribution in [-0.2, 0) is 26.0 Å². The number of sulfonamides is 1. The van der Waals surface area contributed by atoms with Gasteiger partial charge in [-0.15, -0.1) is 0 Å². The maximum absolute atomic E-state index is 12.3. The Kier molecular flexibility index (Phi) is 4.87. The van der Waals surface area contributed by atoms with Gasteiger partial charge in [0.25, 0.3) is 0 Å². The molecule has 0 radical (unpaired) electrons. The fourth-order valence-corrected chi connectivity index (χ4v) is 2.04. The van der Waals surface area contributed by atoms with Crippen LogP contribution in [0.2, 0.25) is 5.02 Å². The second-order valence-electron chi connectivity index (χ2n) is 3.61. The number of methoxy groups -OCH3 is 1. The Balaban J connectivity index is 3.16. The van der Waals surface area contributed by atoms with E-state index < -0.39 is 33.6 Å². The molecule has 0 bridgehead atoms. The van der Waals surface area contributed by atoms with Crippen LogP contribution in [0, 0.1) is 0 Å². The van der Waals surface area contributed by atoms with E-state index in [1.165, 1.54) is 16.9 Å². The molecule has 0 spiro atoms. The van der Waals surface area contributed by atoms with Gasteiger partial charge in [0.15, 0.2) is 0 Å². The summed E-state index contributed by atoms with van der Waals surface area (Å²) in [5.74, 6) is -0.750. The summed E-state index contributed by atoms with van der Waals surface area (Å²) in [7, 11) is -4.48. The second kappa shape index (κ2) is 5.88. The van der Waals surface area contributed by atoms with Gasteiger partial charge in [-0.3, -0.25) is 9.52 Å². The fraction of sp³-hybridized carbons (Fsp3) is 0.300. The van der Waals surface area contributed by atoms with Gasteiger partial charge in [0.1, 0.15) is 0 Å². The van der Waals surface area contributed by atoms with Crippen LogP contribution in [0.25, 0.3) is 0 Å². The largest absolute Gasteiger partial charge is 0.516 e. The van der Waals surface area contributed by atoms with E-state index in [-0.39, 0.29) is 10.6 Å². The topological polar surface area (TPSA) is 72.5 Å². The van der Waals surface area contributed by atoms with Crippen molar-refractivity contribution >= 4 is 33.3 Å². The third-order valence-corrected chi connectivity index (χ3v) is 3.51. The van der Waals surface area contributed by atoms with Crippen LogP contribution < -0.4 is 4.72 Å². The number of ether oxygens (including phenoxy) is 1. The van der Waals surface area contributed by atoms with E-state index in [0.717, 1.165) is 13.2 Å². The molecule has 0 unspecified atom stereocenters. The first-order chi connectivity index (χ1) is 9.06. The summed E-state index contributed by atoms with van der Waals surface area (Å²) in [6, 6.07) is 3.40. The van der Waals surface area contributed by atoms with E-state index in [0.29, 0.717) is 0 Å². The molecule has 1 N–H and O–H groups in total. The van der Waals surface area contributed by atoms with Crippen molar-refractivity contribution in [2.75, 3.05) is 11.8 Å². The molecule has 0 aliphatic carbocycles. The number of hydrogen-bond acceptors (Lipinski definition) is 4. The first-order valence-electron chi connectivity index (χ1n) is 5.01. The van der Waals surface area contributed by atoms with Gasteiger partial charge in [0, 0.05) is 5.02 Å². The number of esters is 1. The average Bonchev–Trinajstić information content (AvgIpc) is 2.31. The Hall–Kier alpha value is -1.48. The first kappa shape index (κ1) is 16.6. The van der Waals surface area contributed by atoms with Gasteiger partial charge in [-0.05, 0) is 23.8 Å². The number of nitrogens with one attached hydrogen (secondary N) is 1. The molecule has 0 aromatic heterocycles. The average molecular weight is 332 g/mol. The minimum Gasteiger partial charge on any atom is -0.469 e. The maximum atomic E-state index is 12.3. The van der Waals surface area contributed by atoms with Crippen molar-refractivity contribution in [2.24, 2.45) is 0 Å². The molecule has 0 atom stereocenters. The lowest BCUT2D eigenvalue weighted by molar-refractivity contribution is -0.139. The Morgan fingerprint density at radius 2 is 2.00 bits per heavy atom. The van der Waals surface area contributed by atoms with E-state index in [1.807, 2.05) is 0 Å². The molecule has 0 fully saturated rings.